The average Bonchev–Trinajstić information content (AvgIpc) is 2.75. The second kappa shape index (κ2) is 8.97. The summed E-state index contributed by atoms with van der Waals surface area (Å²) < 4.78 is 81.2. The number of esters is 1. The van der Waals surface area contributed by atoms with Gasteiger partial charge in [-0.05, 0) is 67.1 Å². The lowest BCUT2D eigenvalue weighted by Gasteiger charge is -2.12. The van der Waals surface area contributed by atoms with E-state index in [0.29, 0.717) is 5.56 Å². The molecule has 0 aliphatic carbocycles. The molecule has 0 aromatic heterocycles. The first kappa shape index (κ1) is 23.8. The number of alkyl halides is 6. The van der Waals surface area contributed by atoms with Gasteiger partial charge < -0.3 is 10.1 Å². The Balaban J connectivity index is 1.72. The zero-order valence-electron chi connectivity index (χ0n) is 16.8. The molecule has 4 nitrogen and oxygen atoms in total. The molecule has 3 aromatic carbocycles. The number of benzene rings is 3. The van der Waals surface area contributed by atoms with Crippen molar-refractivity contribution in [1.29, 1.82) is 0 Å². The molecular formula is C23H15F6NO3. The van der Waals surface area contributed by atoms with Gasteiger partial charge in [-0.25, -0.2) is 4.79 Å². The molecule has 1 amide bonds. The highest BCUT2D eigenvalue weighted by atomic mass is 19.4. The number of halogens is 6. The number of amides is 1. The van der Waals surface area contributed by atoms with E-state index in [1.165, 1.54) is 18.2 Å². The van der Waals surface area contributed by atoms with Gasteiger partial charge in [-0.15, -0.1) is 0 Å². The number of carbonyl (C=O) groups is 2. The van der Waals surface area contributed by atoms with Crippen LogP contribution in [0.4, 0.5) is 32.0 Å². The van der Waals surface area contributed by atoms with Gasteiger partial charge >= 0.3 is 18.3 Å². The standard InChI is InChI=1S/C23H15F6NO3/c1-13-2-11-18(30-20(31)14-3-7-16(8-4-14)22(24,25)26)12-19(13)33-21(32)15-5-9-17(10-6-15)23(27,28)29/h2-12H,1H3,(H,30,31). The molecule has 0 aliphatic rings. The molecule has 0 bridgehead atoms. The molecule has 3 rings (SSSR count). The van der Waals surface area contributed by atoms with Crippen molar-refractivity contribution >= 4 is 17.6 Å². The van der Waals surface area contributed by atoms with E-state index >= 15 is 0 Å². The molecule has 0 unspecified atom stereocenters. The van der Waals surface area contributed by atoms with Gasteiger partial charge in [0, 0.05) is 17.3 Å². The molecule has 0 aliphatic heterocycles. The Labute approximate surface area is 183 Å². The average molecular weight is 467 g/mol. The Morgan fingerprint density at radius 3 is 1.70 bits per heavy atom. The fourth-order valence-corrected chi connectivity index (χ4v) is 2.76. The van der Waals surface area contributed by atoms with Crippen LogP contribution in [0.2, 0.25) is 0 Å². The summed E-state index contributed by atoms with van der Waals surface area (Å²) in [7, 11) is 0. The molecule has 0 heterocycles. The third-order valence-electron chi connectivity index (χ3n) is 4.57. The minimum absolute atomic E-state index is 0.0214. The summed E-state index contributed by atoms with van der Waals surface area (Å²) in [5, 5.41) is 2.48. The number of hydrogen-bond donors (Lipinski definition) is 1. The van der Waals surface area contributed by atoms with Gasteiger partial charge in [-0.3, -0.25) is 4.79 Å². The van der Waals surface area contributed by atoms with Crippen molar-refractivity contribution < 1.29 is 40.7 Å². The predicted molar refractivity (Wildman–Crippen MR) is 107 cm³/mol. The maximum Gasteiger partial charge on any atom is 0.416 e. The fraction of sp³-hybridized carbons (Fsp3) is 0.130. The smallest absolute Gasteiger partial charge is 0.416 e. The monoisotopic (exact) mass is 467 g/mol. The first-order valence-corrected chi connectivity index (χ1v) is 9.33. The van der Waals surface area contributed by atoms with Crippen LogP contribution < -0.4 is 10.1 Å². The number of carbonyl (C=O) groups excluding carboxylic acids is 2. The van der Waals surface area contributed by atoms with Crippen LogP contribution in [0.1, 0.15) is 37.4 Å². The lowest BCUT2D eigenvalue weighted by molar-refractivity contribution is -0.138. The minimum atomic E-state index is -4.54. The highest BCUT2D eigenvalue weighted by molar-refractivity contribution is 6.04. The molecule has 0 radical (unpaired) electrons. The maximum atomic E-state index is 12.7. The second-order valence-corrected chi connectivity index (χ2v) is 6.97. The molecular weight excluding hydrogens is 452 g/mol. The Kier molecular flexibility index (Phi) is 6.48. The molecule has 1 N–H and O–H groups in total. The van der Waals surface area contributed by atoms with E-state index in [0.717, 1.165) is 48.5 Å². The summed E-state index contributed by atoms with van der Waals surface area (Å²) >= 11 is 0. The fourth-order valence-electron chi connectivity index (χ4n) is 2.76. The molecule has 0 spiro atoms. The molecule has 0 fully saturated rings. The normalized spacial score (nSPS) is 11.7. The number of rotatable bonds is 4. The summed E-state index contributed by atoms with van der Waals surface area (Å²) in [5.41, 5.74) is -1.24. The maximum absolute atomic E-state index is 12.7. The molecule has 0 saturated heterocycles. The van der Waals surface area contributed by atoms with Gasteiger partial charge in [-0.1, -0.05) is 6.07 Å². The number of anilines is 1. The van der Waals surface area contributed by atoms with E-state index in [-0.39, 0.29) is 22.6 Å². The predicted octanol–water partition coefficient (Wildman–Crippen LogP) is 6.50. The first-order chi connectivity index (χ1) is 15.3. The molecule has 33 heavy (non-hydrogen) atoms. The highest BCUT2D eigenvalue weighted by Crippen LogP contribution is 2.31. The van der Waals surface area contributed by atoms with Crippen LogP contribution in [0.5, 0.6) is 5.75 Å². The number of hydrogen-bond acceptors (Lipinski definition) is 3. The van der Waals surface area contributed by atoms with E-state index in [4.69, 9.17) is 4.74 Å². The van der Waals surface area contributed by atoms with E-state index in [1.807, 2.05) is 0 Å². The van der Waals surface area contributed by atoms with Gasteiger partial charge in [0.05, 0.1) is 16.7 Å². The van der Waals surface area contributed by atoms with Crippen molar-refractivity contribution in [3.8, 4) is 5.75 Å². The molecule has 10 heteroatoms. The van der Waals surface area contributed by atoms with Crippen LogP contribution in [0, 0.1) is 6.92 Å². The zero-order chi connectivity index (χ0) is 24.4. The third-order valence-corrected chi connectivity index (χ3v) is 4.57. The highest BCUT2D eigenvalue weighted by Gasteiger charge is 2.31. The summed E-state index contributed by atoms with van der Waals surface area (Å²) in [6.45, 7) is 1.61. The molecule has 3 aromatic rings. The minimum Gasteiger partial charge on any atom is -0.423 e. The van der Waals surface area contributed by atoms with Crippen LogP contribution in [-0.2, 0) is 12.4 Å². The Morgan fingerprint density at radius 2 is 1.21 bits per heavy atom. The van der Waals surface area contributed by atoms with Crippen molar-refractivity contribution in [2.75, 3.05) is 5.32 Å². The van der Waals surface area contributed by atoms with E-state index in [2.05, 4.69) is 5.32 Å². The van der Waals surface area contributed by atoms with Crippen LogP contribution in [-0.4, -0.2) is 11.9 Å². The molecule has 172 valence electrons. The van der Waals surface area contributed by atoms with E-state index < -0.39 is 35.4 Å². The summed E-state index contributed by atoms with van der Waals surface area (Å²) in [6.07, 6.45) is -9.07. The lowest BCUT2D eigenvalue weighted by atomic mass is 10.1. The van der Waals surface area contributed by atoms with E-state index in [1.54, 1.807) is 6.92 Å². The van der Waals surface area contributed by atoms with Gasteiger partial charge in [-0.2, -0.15) is 26.3 Å². The Hall–Kier alpha value is -3.82. The van der Waals surface area contributed by atoms with Gasteiger partial charge in [0.15, 0.2) is 0 Å². The Bertz CT molecular complexity index is 1170. The SMILES string of the molecule is Cc1ccc(NC(=O)c2ccc(C(F)(F)F)cc2)cc1OC(=O)c1ccc(C(F)(F)F)cc1. The largest absolute Gasteiger partial charge is 0.423 e. The molecule has 0 saturated carbocycles. The van der Waals surface area contributed by atoms with Crippen LogP contribution in [0.15, 0.2) is 66.7 Å². The van der Waals surface area contributed by atoms with Crippen molar-refractivity contribution in [3.05, 3.63) is 94.5 Å². The second-order valence-electron chi connectivity index (χ2n) is 6.97. The number of ether oxygens (including phenoxy) is 1. The lowest BCUT2D eigenvalue weighted by Crippen LogP contribution is -2.14. The topological polar surface area (TPSA) is 55.4 Å². The van der Waals surface area contributed by atoms with Crippen molar-refractivity contribution in [2.24, 2.45) is 0 Å². The van der Waals surface area contributed by atoms with Gasteiger partial charge in [0.2, 0.25) is 0 Å². The van der Waals surface area contributed by atoms with Crippen LogP contribution in [0.25, 0.3) is 0 Å². The Morgan fingerprint density at radius 1 is 0.727 bits per heavy atom. The van der Waals surface area contributed by atoms with Crippen LogP contribution in [0.3, 0.4) is 0 Å². The summed E-state index contributed by atoms with van der Waals surface area (Å²) in [6, 6.07) is 11.4. The summed E-state index contributed by atoms with van der Waals surface area (Å²) in [4.78, 5) is 24.6. The van der Waals surface area contributed by atoms with Crippen molar-refractivity contribution in [3.63, 3.8) is 0 Å². The van der Waals surface area contributed by atoms with Gasteiger partial charge in [0.25, 0.3) is 5.91 Å². The third kappa shape index (κ3) is 5.91. The number of nitrogens with one attached hydrogen (secondary N) is 1. The van der Waals surface area contributed by atoms with Gasteiger partial charge in [0.1, 0.15) is 5.75 Å². The molecule has 0 atom stereocenters. The summed E-state index contributed by atoms with van der Waals surface area (Å²) in [5.74, 6) is -1.55. The zero-order valence-corrected chi connectivity index (χ0v) is 16.8. The number of aryl methyl sites for hydroxylation is 1. The first-order valence-electron chi connectivity index (χ1n) is 9.33. The van der Waals surface area contributed by atoms with Crippen molar-refractivity contribution in [2.45, 2.75) is 19.3 Å². The van der Waals surface area contributed by atoms with E-state index in [9.17, 15) is 35.9 Å². The van der Waals surface area contributed by atoms with Crippen molar-refractivity contribution in [1.82, 2.24) is 0 Å². The quantitative estimate of drug-likeness (QED) is 0.271. The van der Waals surface area contributed by atoms with Crippen LogP contribution >= 0.6 is 0 Å².